The van der Waals surface area contributed by atoms with Gasteiger partial charge in [-0.25, -0.2) is 0 Å². The van der Waals surface area contributed by atoms with Crippen LogP contribution in [-0.2, 0) is 9.53 Å². The molecule has 1 aliphatic carbocycles. The maximum atomic E-state index is 10.7. The highest BCUT2D eigenvalue weighted by molar-refractivity contribution is 5.70. The van der Waals surface area contributed by atoms with Crippen LogP contribution in [0.1, 0.15) is 32.1 Å². The summed E-state index contributed by atoms with van der Waals surface area (Å²) in [5.41, 5.74) is 0. The summed E-state index contributed by atoms with van der Waals surface area (Å²) in [6.45, 7) is 0. The number of esters is 1. The Morgan fingerprint density at radius 1 is 1.50 bits per heavy atom. The van der Waals surface area contributed by atoms with Crippen molar-refractivity contribution in [1.29, 1.82) is 0 Å². The summed E-state index contributed by atoms with van der Waals surface area (Å²) in [7, 11) is 1.42. The van der Waals surface area contributed by atoms with Crippen LogP contribution in [0.25, 0.3) is 0 Å². The lowest BCUT2D eigenvalue weighted by atomic mass is 10.1. The van der Waals surface area contributed by atoms with Gasteiger partial charge in [0.1, 0.15) is 0 Å². The van der Waals surface area contributed by atoms with Gasteiger partial charge in [0, 0.05) is 0 Å². The van der Waals surface area contributed by atoms with Gasteiger partial charge >= 0.3 is 5.97 Å². The number of hydrogen-bond acceptors (Lipinski definition) is 2. The molecule has 0 aromatic heterocycles. The highest BCUT2D eigenvalue weighted by atomic mass is 16.5. The molecule has 0 unspecified atom stereocenters. The Morgan fingerprint density at radius 3 is 2.75 bits per heavy atom. The quantitative estimate of drug-likeness (QED) is 0.477. The van der Waals surface area contributed by atoms with E-state index in [9.17, 15) is 4.79 Å². The number of rotatable bonds is 3. The number of carbonyl (C=O) groups is 1. The molecule has 1 aliphatic rings. The van der Waals surface area contributed by atoms with Crippen LogP contribution in [0.4, 0.5) is 0 Å². The molecule has 0 N–H and O–H groups in total. The van der Waals surface area contributed by atoms with Crippen molar-refractivity contribution in [2.75, 3.05) is 7.11 Å². The highest BCUT2D eigenvalue weighted by Crippen LogP contribution is 2.25. The molecule has 0 radical (unpaired) electrons. The first-order valence-electron chi connectivity index (χ1n) is 4.56. The van der Waals surface area contributed by atoms with Gasteiger partial charge in [0.15, 0.2) is 0 Å². The van der Waals surface area contributed by atoms with Crippen molar-refractivity contribution < 1.29 is 9.53 Å². The third-order valence-electron chi connectivity index (χ3n) is 2.32. The van der Waals surface area contributed by atoms with E-state index in [-0.39, 0.29) is 5.97 Å². The van der Waals surface area contributed by atoms with Crippen LogP contribution in [0.2, 0.25) is 0 Å². The van der Waals surface area contributed by atoms with Gasteiger partial charge in [0.05, 0.1) is 13.5 Å². The first kappa shape index (κ1) is 9.30. The third-order valence-corrected chi connectivity index (χ3v) is 2.32. The van der Waals surface area contributed by atoms with Crippen molar-refractivity contribution in [3.05, 3.63) is 12.2 Å². The second kappa shape index (κ2) is 4.96. The molecule has 0 heterocycles. The van der Waals surface area contributed by atoms with E-state index in [1.807, 2.05) is 6.08 Å². The lowest BCUT2D eigenvalue weighted by Crippen LogP contribution is -1.97. The van der Waals surface area contributed by atoms with Crippen LogP contribution >= 0.6 is 0 Å². The fourth-order valence-electron chi connectivity index (χ4n) is 1.59. The lowest BCUT2D eigenvalue weighted by Gasteiger charge is -1.99. The fraction of sp³-hybridized carbons (Fsp3) is 0.700. The van der Waals surface area contributed by atoms with E-state index in [1.54, 1.807) is 0 Å². The van der Waals surface area contributed by atoms with Gasteiger partial charge in [0.25, 0.3) is 0 Å². The molecule has 1 rings (SSSR count). The van der Waals surface area contributed by atoms with Crippen LogP contribution in [-0.4, -0.2) is 13.1 Å². The first-order valence-corrected chi connectivity index (χ1v) is 4.56. The normalized spacial score (nSPS) is 18.8. The standard InChI is InChI=1S/C10H16O2/c1-12-10(11)8-4-7-9-5-2-3-6-9/h4,7,9H,2-3,5-6,8H2,1H3. The molecule has 0 aromatic carbocycles. The topological polar surface area (TPSA) is 26.3 Å². The van der Waals surface area contributed by atoms with Crippen molar-refractivity contribution in [2.24, 2.45) is 5.92 Å². The molecule has 0 spiro atoms. The Kier molecular flexibility index (Phi) is 3.85. The number of carbonyl (C=O) groups excluding carboxylic acids is 1. The van der Waals surface area contributed by atoms with Crippen LogP contribution in [0.5, 0.6) is 0 Å². The van der Waals surface area contributed by atoms with E-state index in [0.29, 0.717) is 6.42 Å². The smallest absolute Gasteiger partial charge is 0.309 e. The van der Waals surface area contributed by atoms with Gasteiger partial charge in [-0.1, -0.05) is 25.0 Å². The summed E-state index contributed by atoms with van der Waals surface area (Å²) in [5.74, 6) is 0.568. The molecule has 0 saturated heterocycles. The second-order valence-corrected chi connectivity index (χ2v) is 3.25. The van der Waals surface area contributed by atoms with Gasteiger partial charge in [0.2, 0.25) is 0 Å². The molecule has 0 aromatic rings. The Bertz CT molecular complexity index is 167. The molecule has 0 aliphatic heterocycles. The summed E-state index contributed by atoms with van der Waals surface area (Å²) < 4.78 is 4.52. The van der Waals surface area contributed by atoms with E-state index < -0.39 is 0 Å². The molecule has 68 valence electrons. The van der Waals surface area contributed by atoms with Crippen LogP contribution in [0.15, 0.2) is 12.2 Å². The SMILES string of the molecule is COC(=O)CC=CC1CCCC1. The predicted octanol–water partition coefficient (Wildman–Crippen LogP) is 2.30. The van der Waals surface area contributed by atoms with E-state index in [4.69, 9.17) is 0 Å². The Balaban J connectivity index is 2.16. The van der Waals surface area contributed by atoms with Crippen LogP contribution in [0, 0.1) is 5.92 Å². The maximum absolute atomic E-state index is 10.7. The monoisotopic (exact) mass is 168 g/mol. The van der Waals surface area contributed by atoms with Gasteiger partial charge < -0.3 is 4.74 Å². The number of hydrogen-bond donors (Lipinski definition) is 0. The van der Waals surface area contributed by atoms with E-state index >= 15 is 0 Å². The highest BCUT2D eigenvalue weighted by Gasteiger charge is 2.10. The molecular weight excluding hydrogens is 152 g/mol. The molecule has 1 saturated carbocycles. The summed E-state index contributed by atoms with van der Waals surface area (Å²) >= 11 is 0. The largest absolute Gasteiger partial charge is 0.469 e. The van der Waals surface area contributed by atoms with Crippen LogP contribution < -0.4 is 0 Å². The molecule has 1 fully saturated rings. The molecule has 12 heavy (non-hydrogen) atoms. The summed E-state index contributed by atoms with van der Waals surface area (Å²) in [4.78, 5) is 10.7. The Morgan fingerprint density at radius 2 is 2.17 bits per heavy atom. The van der Waals surface area contributed by atoms with E-state index in [1.165, 1.54) is 32.8 Å². The number of methoxy groups -OCH3 is 1. The van der Waals surface area contributed by atoms with E-state index in [2.05, 4.69) is 10.8 Å². The summed E-state index contributed by atoms with van der Waals surface area (Å²) in [6, 6.07) is 0. The van der Waals surface area contributed by atoms with Crippen molar-refractivity contribution in [2.45, 2.75) is 32.1 Å². The van der Waals surface area contributed by atoms with Crippen molar-refractivity contribution in [3.63, 3.8) is 0 Å². The summed E-state index contributed by atoms with van der Waals surface area (Å²) in [5, 5.41) is 0. The third kappa shape index (κ3) is 3.07. The molecule has 0 atom stereocenters. The zero-order chi connectivity index (χ0) is 8.81. The zero-order valence-corrected chi connectivity index (χ0v) is 7.58. The minimum atomic E-state index is -0.149. The summed E-state index contributed by atoms with van der Waals surface area (Å²) in [6.07, 6.45) is 9.77. The van der Waals surface area contributed by atoms with Crippen molar-refractivity contribution in [3.8, 4) is 0 Å². The molecule has 2 heteroatoms. The number of ether oxygens (including phenoxy) is 1. The molecular formula is C10H16O2. The molecule has 2 nitrogen and oxygen atoms in total. The van der Waals surface area contributed by atoms with Gasteiger partial charge in [-0.3, -0.25) is 4.79 Å². The lowest BCUT2D eigenvalue weighted by molar-refractivity contribution is -0.139. The van der Waals surface area contributed by atoms with Gasteiger partial charge in [-0.15, -0.1) is 0 Å². The average molecular weight is 168 g/mol. The van der Waals surface area contributed by atoms with Gasteiger partial charge in [-0.05, 0) is 18.8 Å². The second-order valence-electron chi connectivity index (χ2n) is 3.25. The Hall–Kier alpha value is -0.790. The van der Waals surface area contributed by atoms with Gasteiger partial charge in [-0.2, -0.15) is 0 Å². The fourth-order valence-corrected chi connectivity index (χ4v) is 1.59. The molecule has 0 bridgehead atoms. The van der Waals surface area contributed by atoms with E-state index in [0.717, 1.165) is 5.92 Å². The average Bonchev–Trinajstić information content (AvgIpc) is 2.57. The molecule has 0 amide bonds. The van der Waals surface area contributed by atoms with Crippen LogP contribution in [0.3, 0.4) is 0 Å². The number of allylic oxidation sites excluding steroid dienone is 1. The predicted molar refractivity (Wildman–Crippen MR) is 47.7 cm³/mol. The minimum Gasteiger partial charge on any atom is -0.469 e. The first-order chi connectivity index (χ1) is 5.83. The van der Waals surface area contributed by atoms with Crippen molar-refractivity contribution in [1.82, 2.24) is 0 Å². The maximum Gasteiger partial charge on any atom is 0.309 e. The van der Waals surface area contributed by atoms with Crippen molar-refractivity contribution >= 4 is 5.97 Å². The minimum absolute atomic E-state index is 0.149. The Labute approximate surface area is 73.6 Å². The zero-order valence-electron chi connectivity index (χ0n) is 7.58.